The Kier molecular flexibility index (Phi) is 7.60. The number of hydrogen-bond donors (Lipinski definition) is 1. The van der Waals surface area contributed by atoms with Crippen LogP contribution in [0.15, 0.2) is 72.8 Å². The molecule has 0 aromatic heterocycles. The highest BCUT2D eigenvalue weighted by Crippen LogP contribution is 2.25. The topological polar surface area (TPSA) is 63.6 Å². The van der Waals surface area contributed by atoms with Crippen LogP contribution in [0, 0.1) is 5.92 Å². The standard InChI is InChI=1S/C27H28O4/c1-19(2)26(28)23-15-16-25(31-18-20-9-4-3-5-10-20)22(17-23)13-8-12-21-11-6-7-14-24(21)27(29)30/h3-7,9-11,14-17,19H,8,12-13,18H2,1-2H3,(H,29,30). The molecule has 0 bridgehead atoms. The van der Waals surface area contributed by atoms with Gasteiger partial charge in [0.15, 0.2) is 5.78 Å². The molecule has 3 rings (SSSR count). The summed E-state index contributed by atoms with van der Waals surface area (Å²) in [5.74, 6) is -0.124. The lowest BCUT2D eigenvalue weighted by Crippen LogP contribution is -2.09. The summed E-state index contributed by atoms with van der Waals surface area (Å²) in [5, 5.41) is 9.40. The maximum Gasteiger partial charge on any atom is 0.335 e. The summed E-state index contributed by atoms with van der Waals surface area (Å²) in [7, 11) is 0. The third-order valence-electron chi connectivity index (χ3n) is 5.25. The summed E-state index contributed by atoms with van der Waals surface area (Å²) in [6.45, 7) is 4.24. The molecule has 160 valence electrons. The maximum absolute atomic E-state index is 12.5. The molecule has 0 saturated heterocycles. The molecule has 0 aliphatic rings. The first-order valence-electron chi connectivity index (χ1n) is 10.6. The van der Waals surface area contributed by atoms with Crippen LogP contribution >= 0.6 is 0 Å². The van der Waals surface area contributed by atoms with E-state index in [4.69, 9.17) is 4.74 Å². The highest BCUT2D eigenvalue weighted by Gasteiger charge is 2.15. The predicted octanol–water partition coefficient (Wildman–Crippen LogP) is 5.98. The van der Waals surface area contributed by atoms with Crippen LogP contribution in [0.4, 0.5) is 0 Å². The fourth-order valence-electron chi connectivity index (χ4n) is 3.55. The van der Waals surface area contributed by atoms with Gasteiger partial charge in [0, 0.05) is 11.5 Å². The van der Waals surface area contributed by atoms with Gasteiger partial charge < -0.3 is 9.84 Å². The summed E-state index contributed by atoms with van der Waals surface area (Å²) in [6.07, 6.45) is 2.09. The van der Waals surface area contributed by atoms with Crippen LogP contribution < -0.4 is 4.74 Å². The molecule has 0 unspecified atom stereocenters. The average molecular weight is 417 g/mol. The first-order chi connectivity index (χ1) is 15.0. The zero-order chi connectivity index (χ0) is 22.2. The predicted molar refractivity (Wildman–Crippen MR) is 122 cm³/mol. The molecule has 0 atom stereocenters. The number of ketones is 1. The summed E-state index contributed by atoms with van der Waals surface area (Å²) in [5.41, 5.74) is 3.88. The molecule has 0 fully saturated rings. The molecule has 0 aliphatic heterocycles. The largest absolute Gasteiger partial charge is 0.489 e. The van der Waals surface area contributed by atoms with Gasteiger partial charge in [-0.2, -0.15) is 0 Å². The Balaban J connectivity index is 1.77. The molecule has 0 aliphatic carbocycles. The number of hydrogen-bond acceptors (Lipinski definition) is 3. The van der Waals surface area contributed by atoms with E-state index < -0.39 is 5.97 Å². The number of Topliss-reactive ketones (excluding diaryl/α,β-unsaturated/α-hetero) is 1. The molecular formula is C27H28O4. The second kappa shape index (κ2) is 10.6. The van der Waals surface area contributed by atoms with Gasteiger partial charge in [-0.15, -0.1) is 0 Å². The maximum atomic E-state index is 12.5. The normalized spacial score (nSPS) is 10.8. The van der Waals surface area contributed by atoms with E-state index in [9.17, 15) is 14.7 Å². The van der Waals surface area contributed by atoms with Crippen LogP contribution in [0.3, 0.4) is 0 Å². The smallest absolute Gasteiger partial charge is 0.335 e. The summed E-state index contributed by atoms with van der Waals surface area (Å²) in [6, 6.07) is 22.7. The molecule has 4 heteroatoms. The molecular weight excluding hydrogens is 388 g/mol. The van der Waals surface area contributed by atoms with Crippen LogP contribution in [-0.2, 0) is 19.4 Å². The monoisotopic (exact) mass is 416 g/mol. The van der Waals surface area contributed by atoms with Crippen molar-refractivity contribution in [1.82, 2.24) is 0 Å². The minimum atomic E-state index is -0.910. The van der Waals surface area contributed by atoms with Crippen molar-refractivity contribution in [3.8, 4) is 5.75 Å². The fourth-order valence-corrected chi connectivity index (χ4v) is 3.55. The fraction of sp³-hybridized carbons (Fsp3) is 0.259. The molecule has 0 heterocycles. The van der Waals surface area contributed by atoms with E-state index in [2.05, 4.69) is 0 Å². The number of carboxylic acids is 1. The van der Waals surface area contributed by atoms with Crippen molar-refractivity contribution in [3.63, 3.8) is 0 Å². The molecule has 3 aromatic rings. The lowest BCUT2D eigenvalue weighted by atomic mass is 9.95. The van der Waals surface area contributed by atoms with Crippen LogP contribution in [0.2, 0.25) is 0 Å². The van der Waals surface area contributed by atoms with Gasteiger partial charge in [-0.3, -0.25) is 4.79 Å². The first kappa shape index (κ1) is 22.3. The summed E-state index contributed by atoms with van der Waals surface area (Å²) >= 11 is 0. The van der Waals surface area contributed by atoms with Crippen LogP contribution in [-0.4, -0.2) is 16.9 Å². The Bertz CT molecular complexity index is 1040. The van der Waals surface area contributed by atoms with Gasteiger partial charge in [0.2, 0.25) is 0 Å². The number of aromatic carboxylic acids is 1. The zero-order valence-electron chi connectivity index (χ0n) is 18.0. The number of carbonyl (C=O) groups excluding carboxylic acids is 1. The third kappa shape index (κ3) is 6.05. The molecule has 4 nitrogen and oxygen atoms in total. The van der Waals surface area contributed by atoms with Crippen molar-refractivity contribution in [1.29, 1.82) is 0 Å². The number of carboxylic acid groups (broad SMARTS) is 1. The van der Waals surface area contributed by atoms with Gasteiger partial charge in [-0.25, -0.2) is 4.79 Å². The summed E-state index contributed by atoms with van der Waals surface area (Å²) < 4.78 is 6.08. The van der Waals surface area contributed by atoms with E-state index in [1.54, 1.807) is 12.1 Å². The minimum Gasteiger partial charge on any atom is -0.489 e. The van der Waals surface area contributed by atoms with E-state index in [1.807, 2.05) is 74.5 Å². The summed E-state index contributed by atoms with van der Waals surface area (Å²) in [4.78, 5) is 24.0. The SMILES string of the molecule is CC(C)C(=O)c1ccc(OCc2ccccc2)c(CCCc2ccccc2C(=O)O)c1. The van der Waals surface area contributed by atoms with Crippen molar-refractivity contribution in [3.05, 3.63) is 101 Å². The second-order valence-corrected chi connectivity index (χ2v) is 7.93. The molecule has 31 heavy (non-hydrogen) atoms. The average Bonchev–Trinajstić information content (AvgIpc) is 2.78. The number of ether oxygens (including phenoxy) is 1. The molecule has 0 amide bonds. The van der Waals surface area contributed by atoms with Gasteiger partial charge in [0.1, 0.15) is 12.4 Å². The Morgan fingerprint density at radius 1 is 0.871 bits per heavy atom. The van der Waals surface area contributed by atoms with Crippen LogP contribution in [0.1, 0.15) is 57.7 Å². The van der Waals surface area contributed by atoms with Gasteiger partial charge in [-0.1, -0.05) is 62.4 Å². The molecule has 3 aromatic carbocycles. The van der Waals surface area contributed by atoms with Gasteiger partial charge in [0.25, 0.3) is 0 Å². The Labute approximate surface area is 183 Å². The van der Waals surface area contributed by atoms with Gasteiger partial charge in [0.05, 0.1) is 5.56 Å². The van der Waals surface area contributed by atoms with E-state index >= 15 is 0 Å². The molecule has 1 N–H and O–H groups in total. The number of rotatable bonds is 10. The molecule has 0 radical (unpaired) electrons. The van der Waals surface area contributed by atoms with E-state index in [-0.39, 0.29) is 11.7 Å². The lowest BCUT2D eigenvalue weighted by Gasteiger charge is -2.14. The molecule has 0 spiro atoms. The van der Waals surface area contributed by atoms with Crippen molar-refractivity contribution in [2.24, 2.45) is 5.92 Å². The second-order valence-electron chi connectivity index (χ2n) is 7.93. The minimum absolute atomic E-state index is 0.0774. The zero-order valence-corrected chi connectivity index (χ0v) is 18.0. The van der Waals surface area contributed by atoms with Crippen molar-refractivity contribution in [2.75, 3.05) is 0 Å². The Hall–Kier alpha value is -3.40. The lowest BCUT2D eigenvalue weighted by molar-refractivity contribution is 0.0695. The van der Waals surface area contributed by atoms with E-state index in [0.717, 1.165) is 28.9 Å². The number of carbonyl (C=O) groups is 2. The molecule has 0 saturated carbocycles. The quantitative estimate of drug-likeness (QED) is 0.413. The van der Waals surface area contributed by atoms with Crippen molar-refractivity contribution < 1.29 is 19.4 Å². The Morgan fingerprint density at radius 3 is 2.26 bits per heavy atom. The highest BCUT2D eigenvalue weighted by molar-refractivity contribution is 5.97. The van der Waals surface area contributed by atoms with E-state index in [1.165, 1.54) is 0 Å². The van der Waals surface area contributed by atoms with Crippen LogP contribution in [0.5, 0.6) is 5.75 Å². The number of aryl methyl sites for hydroxylation is 2. The Morgan fingerprint density at radius 2 is 1.55 bits per heavy atom. The van der Waals surface area contributed by atoms with Crippen molar-refractivity contribution in [2.45, 2.75) is 39.7 Å². The van der Waals surface area contributed by atoms with Crippen LogP contribution in [0.25, 0.3) is 0 Å². The first-order valence-corrected chi connectivity index (χ1v) is 10.6. The third-order valence-corrected chi connectivity index (χ3v) is 5.25. The van der Waals surface area contributed by atoms with E-state index in [0.29, 0.717) is 30.6 Å². The highest BCUT2D eigenvalue weighted by atomic mass is 16.5. The van der Waals surface area contributed by atoms with Gasteiger partial charge >= 0.3 is 5.97 Å². The van der Waals surface area contributed by atoms with Gasteiger partial charge in [-0.05, 0) is 60.2 Å². The number of benzene rings is 3. The van der Waals surface area contributed by atoms with Crippen molar-refractivity contribution >= 4 is 11.8 Å².